The smallest absolute Gasteiger partial charge is 0.318 e. The van der Waals surface area contributed by atoms with Crippen molar-refractivity contribution in [2.75, 3.05) is 7.05 Å². The summed E-state index contributed by atoms with van der Waals surface area (Å²) >= 11 is 1.60. The van der Waals surface area contributed by atoms with E-state index in [0.29, 0.717) is 25.4 Å². The van der Waals surface area contributed by atoms with E-state index in [-0.39, 0.29) is 17.7 Å². The predicted octanol–water partition coefficient (Wildman–Crippen LogP) is 2.68. The number of rotatable bonds is 9. The molecular formula is C18H28N6O2S. The first-order valence-electron chi connectivity index (χ1n) is 9.10. The molecule has 0 radical (unpaired) electrons. The Kier molecular flexibility index (Phi) is 7.46. The largest absolute Gasteiger partial charge is 0.328 e. The van der Waals surface area contributed by atoms with Gasteiger partial charge in [-0.05, 0) is 6.42 Å². The standard InChI is InChI=1S/C18H28N6O2S/c1-12(2)16(25)15(6-7-24-10-19-20-11-24)22-18(26)23(5)8-14-9-27-17(21-14)13(3)4/h9-13,15H,6-8H2,1-5H3,(H,22,26). The highest BCUT2D eigenvalue weighted by molar-refractivity contribution is 7.09. The SMILES string of the molecule is CC(C)C(=O)C(CCn1cnnc1)NC(=O)N(C)Cc1csc(C(C)C)n1. The Labute approximate surface area is 164 Å². The van der Waals surface area contributed by atoms with Gasteiger partial charge in [-0.1, -0.05) is 27.7 Å². The zero-order chi connectivity index (χ0) is 20.0. The number of Topliss-reactive ketones (excluding diaryl/α,β-unsaturated/α-hetero) is 1. The Bertz CT molecular complexity index is 741. The van der Waals surface area contributed by atoms with Gasteiger partial charge in [-0.2, -0.15) is 0 Å². The van der Waals surface area contributed by atoms with Gasteiger partial charge in [-0.15, -0.1) is 21.5 Å². The van der Waals surface area contributed by atoms with Gasteiger partial charge in [0, 0.05) is 30.8 Å². The Morgan fingerprint density at radius 2 is 1.89 bits per heavy atom. The second-order valence-corrected chi connectivity index (χ2v) is 8.13. The molecule has 8 nitrogen and oxygen atoms in total. The lowest BCUT2D eigenvalue weighted by Gasteiger charge is -2.23. The van der Waals surface area contributed by atoms with Crippen LogP contribution in [0.3, 0.4) is 0 Å². The van der Waals surface area contributed by atoms with Gasteiger partial charge in [0.2, 0.25) is 0 Å². The monoisotopic (exact) mass is 392 g/mol. The third kappa shape index (κ3) is 6.13. The summed E-state index contributed by atoms with van der Waals surface area (Å²) in [4.78, 5) is 31.2. The summed E-state index contributed by atoms with van der Waals surface area (Å²) in [6.07, 6.45) is 3.68. The molecule has 2 aromatic heterocycles. The molecule has 0 saturated carbocycles. The first-order valence-corrected chi connectivity index (χ1v) is 9.98. The number of amides is 2. The first kappa shape index (κ1) is 21.0. The van der Waals surface area contributed by atoms with Gasteiger partial charge in [-0.3, -0.25) is 4.79 Å². The molecule has 0 spiro atoms. The van der Waals surface area contributed by atoms with Crippen molar-refractivity contribution in [1.29, 1.82) is 0 Å². The summed E-state index contributed by atoms with van der Waals surface area (Å²) in [5.74, 6) is 0.225. The summed E-state index contributed by atoms with van der Waals surface area (Å²) in [7, 11) is 1.71. The lowest BCUT2D eigenvalue weighted by molar-refractivity contribution is -0.124. The van der Waals surface area contributed by atoms with E-state index in [2.05, 4.69) is 34.3 Å². The van der Waals surface area contributed by atoms with Crippen molar-refractivity contribution in [1.82, 2.24) is 30.0 Å². The molecule has 0 bridgehead atoms. The van der Waals surface area contributed by atoms with Crippen molar-refractivity contribution < 1.29 is 9.59 Å². The number of urea groups is 1. The third-order valence-electron chi connectivity index (χ3n) is 4.16. The van der Waals surface area contributed by atoms with E-state index in [1.54, 1.807) is 40.5 Å². The molecule has 0 saturated heterocycles. The van der Waals surface area contributed by atoms with Crippen molar-refractivity contribution in [2.45, 2.75) is 59.2 Å². The van der Waals surface area contributed by atoms with E-state index in [1.807, 2.05) is 19.2 Å². The van der Waals surface area contributed by atoms with Gasteiger partial charge in [-0.25, -0.2) is 9.78 Å². The number of aromatic nitrogens is 4. The van der Waals surface area contributed by atoms with E-state index in [1.165, 1.54) is 0 Å². The van der Waals surface area contributed by atoms with Crippen LogP contribution in [0.5, 0.6) is 0 Å². The van der Waals surface area contributed by atoms with Gasteiger partial charge in [0.15, 0.2) is 5.78 Å². The fourth-order valence-electron chi connectivity index (χ4n) is 2.54. The van der Waals surface area contributed by atoms with E-state index >= 15 is 0 Å². The summed E-state index contributed by atoms with van der Waals surface area (Å²) in [6, 6.07) is -0.833. The molecule has 1 N–H and O–H groups in total. The number of carbonyl (C=O) groups excluding carboxylic acids is 2. The number of hydrogen-bond acceptors (Lipinski definition) is 6. The molecule has 27 heavy (non-hydrogen) atoms. The van der Waals surface area contributed by atoms with E-state index in [0.717, 1.165) is 10.7 Å². The van der Waals surface area contributed by atoms with Crippen LogP contribution in [0.2, 0.25) is 0 Å². The quantitative estimate of drug-likeness (QED) is 0.708. The van der Waals surface area contributed by atoms with Crippen LogP contribution in [-0.4, -0.2) is 49.6 Å². The topological polar surface area (TPSA) is 93.0 Å². The minimum atomic E-state index is -0.552. The molecule has 2 rings (SSSR count). The second kappa shape index (κ2) is 9.59. The van der Waals surface area contributed by atoms with E-state index in [9.17, 15) is 9.59 Å². The number of hydrogen-bond donors (Lipinski definition) is 1. The Hall–Kier alpha value is -2.29. The second-order valence-electron chi connectivity index (χ2n) is 7.24. The fraction of sp³-hybridized carbons (Fsp3) is 0.611. The molecular weight excluding hydrogens is 364 g/mol. The van der Waals surface area contributed by atoms with Crippen molar-refractivity contribution >= 4 is 23.2 Å². The summed E-state index contributed by atoms with van der Waals surface area (Å²) in [5.41, 5.74) is 0.859. The number of aryl methyl sites for hydroxylation is 1. The number of thiazole rings is 1. The van der Waals surface area contributed by atoms with Crippen molar-refractivity contribution in [2.24, 2.45) is 5.92 Å². The molecule has 9 heteroatoms. The van der Waals surface area contributed by atoms with Crippen LogP contribution >= 0.6 is 11.3 Å². The molecule has 0 aromatic carbocycles. The van der Waals surface area contributed by atoms with Crippen LogP contribution in [-0.2, 0) is 17.9 Å². The van der Waals surface area contributed by atoms with Crippen LogP contribution in [0.15, 0.2) is 18.0 Å². The maximum Gasteiger partial charge on any atom is 0.318 e. The molecule has 2 heterocycles. The maximum atomic E-state index is 12.6. The lowest BCUT2D eigenvalue weighted by Crippen LogP contribution is -2.48. The van der Waals surface area contributed by atoms with Gasteiger partial charge in [0.1, 0.15) is 12.7 Å². The van der Waals surface area contributed by atoms with Gasteiger partial charge in [0.05, 0.1) is 23.3 Å². The van der Waals surface area contributed by atoms with Crippen LogP contribution in [0.1, 0.15) is 50.7 Å². The number of carbonyl (C=O) groups is 2. The van der Waals surface area contributed by atoms with Crippen LogP contribution in [0, 0.1) is 5.92 Å². The highest BCUT2D eigenvalue weighted by atomic mass is 32.1. The first-order chi connectivity index (χ1) is 12.8. The van der Waals surface area contributed by atoms with Crippen molar-refractivity contribution in [3.8, 4) is 0 Å². The fourth-order valence-corrected chi connectivity index (χ4v) is 3.36. The molecule has 0 fully saturated rings. The molecule has 0 aliphatic rings. The summed E-state index contributed by atoms with van der Waals surface area (Å²) in [5, 5.41) is 13.4. The average Bonchev–Trinajstić information content (AvgIpc) is 3.29. The minimum Gasteiger partial charge on any atom is -0.328 e. The van der Waals surface area contributed by atoms with Crippen molar-refractivity contribution in [3.63, 3.8) is 0 Å². The maximum absolute atomic E-state index is 12.6. The zero-order valence-corrected chi connectivity index (χ0v) is 17.4. The van der Waals surface area contributed by atoms with Gasteiger partial charge < -0.3 is 14.8 Å². The van der Waals surface area contributed by atoms with Gasteiger partial charge >= 0.3 is 6.03 Å². The van der Waals surface area contributed by atoms with Gasteiger partial charge in [0.25, 0.3) is 0 Å². The summed E-state index contributed by atoms with van der Waals surface area (Å²) in [6.45, 7) is 8.83. The molecule has 1 atom stereocenters. The number of nitrogens with one attached hydrogen (secondary N) is 1. The van der Waals surface area contributed by atoms with Crippen LogP contribution in [0.25, 0.3) is 0 Å². The Morgan fingerprint density at radius 1 is 1.22 bits per heavy atom. The highest BCUT2D eigenvalue weighted by Crippen LogP contribution is 2.19. The summed E-state index contributed by atoms with van der Waals surface area (Å²) < 4.78 is 1.79. The number of nitrogens with zero attached hydrogens (tertiary/aromatic N) is 5. The average molecular weight is 393 g/mol. The van der Waals surface area contributed by atoms with Crippen LogP contribution < -0.4 is 5.32 Å². The highest BCUT2D eigenvalue weighted by Gasteiger charge is 2.24. The van der Waals surface area contributed by atoms with Crippen molar-refractivity contribution in [3.05, 3.63) is 28.7 Å². The Balaban J connectivity index is 1.96. The third-order valence-corrected chi connectivity index (χ3v) is 5.36. The zero-order valence-electron chi connectivity index (χ0n) is 16.5. The molecule has 2 aromatic rings. The molecule has 0 aliphatic heterocycles. The Morgan fingerprint density at radius 3 is 2.44 bits per heavy atom. The molecule has 2 amide bonds. The molecule has 148 valence electrons. The normalized spacial score (nSPS) is 12.4. The van der Waals surface area contributed by atoms with E-state index < -0.39 is 6.04 Å². The number of ketones is 1. The molecule has 1 unspecified atom stereocenters. The van der Waals surface area contributed by atoms with E-state index in [4.69, 9.17) is 0 Å². The lowest BCUT2D eigenvalue weighted by atomic mass is 9.99. The van der Waals surface area contributed by atoms with Crippen LogP contribution in [0.4, 0.5) is 4.79 Å². The minimum absolute atomic E-state index is 0.0144. The molecule has 0 aliphatic carbocycles. The predicted molar refractivity (Wildman–Crippen MR) is 104 cm³/mol.